The topological polar surface area (TPSA) is 75.5 Å². The number of ketones is 1. The lowest BCUT2D eigenvalue weighted by atomic mass is 10.1. The third-order valence-corrected chi connectivity index (χ3v) is 5.06. The molecule has 0 aliphatic heterocycles. The first-order valence-electron chi connectivity index (χ1n) is 9.08. The highest BCUT2D eigenvalue weighted by Crippen LogP contribution is 2.21. The first kappa shape index (κ1) is 19.8. The summed E-state index contributed by atoms with van der Waals surface area (Å²) in [5.74, 6) is -0.252. The summed E-state index contributed by atoms with van der Waals surface area (Å²) in [6, 6.07) is 17.6. The van der Waals surface area contributed by atoms with Crippen molar-refractivity contribution in [3.8, 4) is 0 Å². The first-order valence-corrected chi connectivity index (χ1v) is 9.87. The third-order valence-electron chi connectivity index (χ3n) is 4.48. The van der Waals surface area contributed by atoms with E-state index in [4.69, 9.17) is 0 Å². The zero-order chi connectivity index (χ0) is 21.1. The van der Waals surface area contributed by atoms with E-state index in [2.05, 4.69) is 31.5 Å². The molecular formula is C22H16BrFN4O2. The van der Waals surface area contributed by atoms with Gasteiger partial charge in [-0.1, -0.05) is 18.2 Å². The van der Waals surface area contributed by atoms with Gasteiger partial charge in [0.1, 0.15) is 10.4 Å². The number of urea groups is 1. The van der Waals surface area contributed by atoms with Gasteiger partial charge in [0.2, 0.25) is 5.78 Å². The van der Waals surface area contributed by atoms with E-state index in [9.17, 15) is 14.0 Å². The Hall–Kier alpha value is -3.52. The summed E-state index contributed by atoms with van der Waals surface area (Å²) in [7, 11) is 0. The second-order valence-electron chi connectivity index (χ2n) is 6.52. The molecule has 0 spiro atoms. The van der Waals surface area contributed by atoms with Crippen molar-refractivity contribution in [3.05, 3.63) is 100 Å². The number of aromatic nitrogens is 2. The smallest absolute Gasteiger partial charge is 0.319 e. The first-order chi connectivity index (χ1) is 14.5. The monoisotopic (exact) mass is 466 g/mol. The van der Waals surface area contributed by atoms with E-state index in [1.807, 2.05) is 18.2 Å². The summed E-state index contributed by atoms with van der Waals surface area (Å²) in [6.07, 6.45) is 1.78. The quantitative estimate of drug-likeness (QED) is 0.415. The number of amides is 2. The van der Waals surface area contributed by atoms with Gasteiger partial charge in [0, 0.05) is 24.0 Å². The number of pyridine rings is 1. The molecular weight excluding hydrogens is 451 g/mol. The molecule has 0 saturated carbocycles. The van der Waals surface area contributed by atoms with Crippen LogP contribution in [0.25, 0.3) is 5.52 Å². The molecule has 0 radical (unpaired) electrons. The second kappa shape index (κ2) is 8.46. The summed E-state index contributed by atoms with van der Waals surface area (Å²) in [4.78, 5) is 29.2. The maximum Gasteiger partial charge on any atom is 0.319 e. The number of anilines is 1. The molecule has 30 heavy (non-hydrogen) atoms. The highest BCUT2D eigenvalue weighted by atomic mass is 79.9. The Kier molecular flexibility index (Phi) is 5.58. The van der Waals surface area contributed by atoms with Crippen LogP contribution in [0.5, 0.6) is 0 Å². The van der Waals surface area contributed by atoms with Crippen molar-refractivity contribution in [2.75, 3.05) is 5.32 Å². The van der Waals surface area contributed by atoms with Gasteiger partial charge in [-0.15, -0.1) is 0 Å². The van der Waals surface area contributed by atoms with Gasteiger partial charge in [-0.25, -0.2) is 14.2 Å². The predicted molar refractivity (Wildman–Crippen MR) is 115 cm³/mol. The lowest BCUT2D eigenvalue weighted by Crippen LogP contribution is -2.28. The van der Waals surface area contributed by atoms with Crippen molar-refractivity contribution in [2.45, 2.75) is 6.54 Å². The number of nitrogens with zero attached hydrogens (tertiary/aromatic N) is 2. The predicted octanol–water partition coefficient (Wildman–Crippen LogP) is 4.79. The molecule has 0 aliphatic rings. The standard InChI is InChI=1S/C22H16BrFN4O2/c23-20-18-3-1-2-12-28(18)21(27-20)19(29)15-6-10-17(11-7-15)26-22(30)25-13-14-4-8-16(24)9-5-14/h1-12H,13H2,(H2,25,26,30). The number of hydrogen-bond acceptors (Lipinski definition) is 3. The van der Waals surface area contributed by atoms with E-state index < -0.39 is 6.03 Å². The number of carbonyl (C=O) groups excluding carboxylic acids is 2. The Morgan fingerprint density at radius 3 is 2.47 bits per heavy atom. The summed E-state index contributed by atoms with van der Waals surface area (Å²) in [5.41, 5.74) is 2.58. The highest BCUT2D eigenvalue weighted by Gasteiger charge is 2.17. The SMILES string of the molecule is O=C(NCc1ccc(F)cc1)Nc1ccc(C(=O)c2nc(Br)c3ccccn23)cc1. The molecule has 2 aromatic carbocycles. The van der Waals surface area contributed by atoms with Gasteiger partial charge in [0.05, 0.1) is 5.52 Å². The molecule has 0 fully saturated rings. The molecule has 0 atom stereocenters. The Morgan fingerprint density at radius 1 is 1.00 bits per heavy atom. The molecule has 2 heterocycles. The largest absolute Gasteiger partial charge is 0.334 e. The van der Waals surface area contributed by atoms with Crippen LogP contribution in [0.2, 0.25) is 0 Å². The summed E-state index contributed by atoms with van der Waals surface area (Å²) < 4.78 is 15.2. The lowest BCUT2D eigenvalue weighted by Gasteiger charge is -2.08. The lowest BCUT2D eigenvalue weighted by molar-refractivity contribution is 0.102. The van der Waals surface area contributed by atoms with E-state index in [1.54, 1.807) is 47.0 Å². The van der Waals surface area contributed by atoms with E-state index in [0.29, 0.717) is 21.7 Å². The van der Waals surface area contributed by atoms with Crippen LogP contribution in [0.4, 0.5) is 14.9 Å². The van der Waals surface area contributed by atoms with Crippen molar-refractivity contribution in [1.29, 1.82) is 0 Å². The zero-order valence-electron chi connectivity index (χ0n) is 15.6. The molecule has 0 saturated heterocycles. The van der Waals surface area contributed by atoms with Crippen LogP contribution in [0.15, 0.2) is 77.5 Å². The van der Waals surface area contributed by atoms with Gasteiger partial charge in [-0.3, -0.25) is 9.20 Å². The van der Waals surface area contributed by atoms with Crippen LogP contribution in [-0.4, -0.2) is 21.2 Å². The minimum Gasteiger partial charge on any atom is -0.334 e. The van der Waals surface area contributed by atoms with Crippen LogP contribution in [0.1, 0.15) is 21.7 Å². The maximum atomic E-state index is 12.9. The number of benzene rings is 2. The fourth-order valence-corrected chi connectivity index (χ4v) is 3.45. The number of fused-ring (bicyclic) bond motifs is 1. The Bertz CT molecular complexity index is 1220. The highest BCUT2D eigenvalue weighted by molar-refractivity contribution is 9.10. The summed E-state index contributed by atoms with van der Waals surface area (Å²) in [6.45, 7) is 0.268. The normalized spacial score (nSPS) is 10.7. The molecule has 2 N–H and O–H groups in total. The van der Waals surface area contributed by atoms with Crippen LogP contribution in [0, 0.1) is 5.82 Å². The maximum absolute atomic E-state index is 12.9. The number of carbonyl (C=O) groups is 2. The summed E-state index contributed by atoms with van der Waals surface area (Å²) in [5, 5.41) is 5.39. The molecule has 2 aromatic heterocycles. The minimum atomic E-state index is -0.401. The number of nitrogens with one attached hydrogen (secondary N) is 2. The zero-order valence-corrected chi connectivity index (χ0v) is 17.2. The van der Waals surface area contributed by atoms with Crippen LogP contribution in [0.3, 0.4) is 0 Å². The van der Waals surface area contributed by atoms with Gasteiger partial charge in [0.15, 0.2) is 5.82 Å². The number of halogens is 2. The molecule has 4 rings (SSSR count). The summed E-state index contributed by atoms with van der Waals surface area (Å²) >= 11 is 3.38. The molecule has 150 valence electrons. The van der Waals surface area contributed by atoms with E-state index in [0.717, 1.165) is 11.1 Å². The Morgan fingerprint density at radius 2 is 1.73 bits per heavy atom. The van der Waals surface area contributed by atoms with Gasteiger partial charge < -0.3 is 10.6 Å². The van der Waals surface area contributed by atoms with E-state index in [1.165, 1.54) is 12.1 Å². The van der Waals surface area contributed by atoms with Crippen molar-refractivity contribution in [3.63, 3.8) is 0 Å². The Labute approximate surface area is 179 Å². The molecule has 8 heteroatoms. The van der Waals surface area contributed by atoms with Gasteiger partial charge in [-0.2, -0.15) is 0 Å². The third kappa shape index (κ3) is 4.23. The van der Waals surface area contributed by atoms with Gasteiger partial charge >= 0.3 is 6.03 Å². The van der Waals surface area contributed by atoms with Crippen LogP contribution in [-0.2, 0) is 6.54 Å². The second-order valence-corrected chi connectivity index (χ2v) is 7.27. The fourth-order valence-electron chi connectivity index (χ4n) is 2.95. The van der Waals surface area contributed by atoms with Crippen molar-refractivity contribution >= 4 is 38.9 Å². The molecule has 2 amide bonds. The Balaban J connectivity index is 1.41. The molecule has 6 nitrogen and oxygen atoms in total. The molecule has 0 bridgehead atoms. The molecule has 0 aliphatic carbocycles. The minimum absolute atomic E-state index is 0.228. The average Bonchev–Trinajstić information content (AvgIpc) is 3.10. The van der Waals surface area contributed by atoms with Crippen molar-refractivity contribution in [2.24, 2.45) is 0 Å². The number of imidazole rings is 1. The molecule has 0 unspecified atom stereocenters. The average molecular weight is 467 g/mol. The fraction of sp³-hybridized carbons (Fsp3) is 0.0455. The van der Waals surface area contributed by atoms with Crippen molar-refractivity contribution < 1.29 is 14.0 Å². The van der Waals surface area contributed by atoms with Crippen molar-refractivity contribution in [1.82, 2.24) is 14.7 Å². The van der Waals surface area contributed by atoms with E-state index in [-0.39, 0.29) is 18.1 Å². The van der Waals surface area contributed by atoms with Gasteiger partial charge in [0.25, 0.3) is 0 Å². The van der Waals surface area contributed by atoms with E-state index >= 15 is 0 Å². The number of rotatable bonds is 5. The van der Waals surface area contributed by atoms with Crippen LogP contribution >= 0.6 is 15.9 Å². The van der Waals surface area contributed by atoms with Crippen LogP contribution < -0.4 is 10.6 Å². The molecule has 4 aromatic rings. The number of hydrogen-bond donors (Lipinski definition) is 2. The van der Waals surface area contributed by atoms with Gasteiger partial charge in [-0.05, 0) is 70.0 Å².